The number of nitrogens with one attached hydrogen (secondary N) is 1. The number of rotatable bonds is 1. The first-order valence-electron chi connectivity index (χ1n) is 5.06. The Bertz CT molecular complexity index is 258. The zero-order valence-corrected chi connectivity index (χ0v) is 8.67. The van der Waals surface area contributed by atoms with Crippen LogP contribution in [0.5, 0.6) is 0 Å². The van der Waals surface area contributed by atoms with Crippen molar-refractivity contribution >= 4 is 5.71 Å². The van der Waals surface area contributed by atoms with Crippen molar-refractivity contribution in [3.05, 3.63) is 12.2 Å². The van der Waals surface area contributed by atoms with Crippen LogP contribution in [0.2, 0.25) is 0 Å². The third kappa shape index (κ3) is 1.77. The maximum absolute atomic E-state index is 4.47. The molecule has 2 aliphatic rings. The van der Waals surface area contributed by atoms with Crippen LogP contribution in [-0.2, 0) is 0 Å². The molecule has 0 radical (unpaired) electrons. The number of hydrogen-bond acceptors (Lipinski definition) is 2. The number of nitrogens with zero attached hydrogens (tertiary/aromatic N) is 1. The van der Waals surface area contributed by atoms with Crippen LogP contribution in [-0.4, -0.2) is 11.3 Å². The van der Waals surface area contributed by atoms with Crippen LogP contribution in [0.3, 0.4) is 0 Å². The molecule has 1 N–H and O–H groups in total. The Morgan fingerprint density at radius 1 is 1.46 bits per heavy atom. The first kappa shape index (κ1) is 8.79. The average molecular weight is 178 g/mol. The van der Waals surface area contributed by atoms with Crippen LogP contribution < -0.4 is 5.43 Å². The molecule has 2 rings (SSSR count). The minimum Gasteiger partial charge on any atom is -0.305 e. The van der Waals surface area contributed by atoms with Crippen molar-refractivity contribution in [2.45, 2.75) is 39.2 Å². The van der Waals surface area contributed by atoms with Gasteiger partial charge in [-0.2, -0.15) is 5.10 Å². The second-order valence-corrected chi connectivity index (χ2v) is 5.10. The summed E-state index contributed by atoms with van der Waals surface area (Å²) >= 11 is 0. The van der Waals surface area contributed by atoms with Gasteiger partial charge in [-0.3, -0.25) is 0 Å². The molecule has 2 nitrogen and oxygen atoms in total. The standard InChI is InChI=1S/C11H18N2/c1-11(2,3)13-12-10-7-8-5-4-6-9(8)10/h4-5,8-9,13H,6-7H2,1-3H3/b12-10-. The van der Waals surface area contributed by atoms with E-state index in [1.54, 1.807) is 0 Å². The predicted molar refractivity (Wildman–Crippen MR) is 55.7 cm³/mol. The van der Waals surface area contributed by atoms with Gasteiger partial charge in [0.15, 0.2) is 0 Å². The molecular weight excluding hydrogens is 160 g/mol. The maximum Gasteiger partial charge on any atom is 0.0464 e. The molecule has 72 valence electrons. The molecular formula is C11H18N2. The van der Waals surface area contributed by atoms with E-state index < -0.39 is 0 Å². The topological polar surface area (TPSA) is 24.4 Å². The molecule has 0 amide bonds. The minimum atomic E-state index is 0.101. The van der Waals surface area contributed by atoms with E-state index in [1.807, 2.05) is 0 Å². The van der Waals surface area contributed by atoms with Gasteiger partial charge in [-0.1, -0.05) is 12.2 Å². The number of hydrazone groups is 1. The van der Waals surface area contributed by atoms with Gasteiger partial charge >= 0.3 is 0 Å². The Morgan fingerprint density at radius 2 is 2.23 bits per heavy atom. The van der Waals surface area contributed by atoms with Gasteiger partial charge in [0.1, 0.15) is 0 Å². The zero-order chi connectivity index (χ0) is 9.47. The average Bonchev–Trinajstić information content (AvgIpc) is 2.30. The van der Waals surface area contributed by atoms with Gasteiger partial charge in [-0.15, -0.1) is 0 Å². The molecule has 0 aromatic carbocycles. The molecule has 0 saturated heterocycles. The second-order valence-electron chi connectivity index (χ2n) is 5.10. The van der Waals surface area contributed by atoms with Gasteiger partial charge in [0.05, 0.1) is 0 Å². The van der Waals surface area contributed by atoms with Crippen LogP contribution in [0.4, 0.5) is 0 Å². The largest absolute Gasteiger partial charge is 0.305 e. The molecule has 0 aliphatic heterocycles. The van der Waals surface area contributed by atoms with Gasteiger partial charge in [0.2, 0.25) is 0 Å². The van der Waals surface area contributed by atoms with E-state index in [4.69, 9.17) is 0 Å². The summed E-state index contributed by atoms with van der Waals surface area (Å²) < 4.78 is 0. The van der Waals surface area contributed by atoms with Crippen molar-refractivity contribution in [2.75, 3.05) is 0 Å². The molecule has 2 aliphatic carbocycles. The maximum atomic E-state index is 4.47. The summed E-state index contributed by atoms with van der Waals surface area (Å²) in [5.41, 5.74) is 4.66. The highest BCUT2D eigenvalue weighted by atomic mass is 15.3. The van der Waals surface area contributed by atoms with E-state index in [2.05, 4.69) is 43.5 Å². The number of hydrogen-bond donors (Lipinski definition) is 1. The monoisotopic (exact) mass is 178 g/mol. The molecule has 0 spiro atoms. The summed E-state index contributed by atoms with van der Waals surface area (Å²) in [6.07, 6.45) is 7.00. The molecule has 0 aromatic heterocycles. The molecule has 1 saturated carbocycles. The second kappa shape index (κ2) is 2.86. The molecule has 13 heavy (non-hydrogen) atoms. The van der Waals surface area contributed by atoms with Crippen molar-refractivity contribution in [3.63, 3.8) is 0 Å². The van der Waals surface area contributed by atoms with Gasteiger partial charge < -0.3 is 5.43 Å². The van der Waals surface area contributed by atoms with E-state index in [0.29, 0.717) is 0 Å². The van der Waals surface area contributed by atoms with E-state index in [0.717, 1.165) is 11.8 Å². The molecule has 1 fully saturated rings. The van der Waals surface area contributed by atoms with Crippen molar-refractivity contribution in [3.8, 4) is 0 Å². The summed E-state index contributed by atoms with van der Waals surface area (Å²) in [4.78, 5) is 0. The fourth-order valence-corrected chi connectivity index (χ4v) is 1.90. The number of allylic oxidation sites excluding steroid dienone is 2. The molecule has 0 bridgehead atoms. The lowest BCUT2D eigenvalue weighted by Gasteiger charge is -2.33. The van der Waals surface area contributed by atoms with Gasteiger partial charge in [0, 0.05) is 17.2 Å². The zero-order valence-electron chi connectivity index (χ0n) is 8.67. The van der Waals surface area contributed by atoms with E-state index in [-0.39, 0.29) is 5.54 Å². The lowest BCUT2D eigenvalue weighted by Crippen LogP contribution is -2.38. The van der Waals surface area contributed by atoms with Crippen LogP contribution in [0.1, 0.15) is 33.6 Å². The molecule has 0 aromatic rings. The smallest absolute Gasteiger partial charge is 0.0464 e. The van der Waals surface area contributed by atoms with E-state index >= 15 is 0 Å². The lowest BCUT2D eigenvalue weighted by atomic mass is 9.74. The Hall–Kier alpha value is -0.790. The minimum absolute atomic E-state index is 0.101. The van der Waals surface area contributed by atoms with Gasteiger partial charge in [0.25, 0.3) is 0 Å². The highest BCUT2D eigenvalue weighted by molar-refractivity contribution is 5.93. The van der Waals surface area contributed by atoms with Crippen LogP contribution in [0, 0.1) is 11.8 Å². The Kier molecular flexibility index (Phi) is 1.94. The first-order valence-corrected chi connectivity index (χ1v) is 5.06. The summed E-state index contributed by atoms with van der Waals surface area (Å²) in [6, 6.07) is 0. The van der Waals surface area contributed by atoms with Crippen molar-refractivity contribution < 1.29 is 0 Å². The van der Waals surface area contributed by atoms with Gasteiger partial charge in [-0.05, 0) is 39.5 Å². The Balaban J connectivity index is 1.90. The van der Waals surface area contributed by atoms with Crippen molar-refractivity contribution in [1.82, 2.24) is 5.43 Å². The summed E-state index contributed by atoms with van der Waals surface area (Å²) in [5, 5.41) is 4.47. The summed E-state index contributed by atoms with van der Waals surface area (Å²) in [7, 11) is 0. The summed E-state index contributed by atoms with van der Waals surface area (Å²) in [5.74, 6) is 1.54. The quantitative estimate of drug-likeness (QED) is 0.483. The molecule has 2 unspecified atom stereocenters. The molecule has 2 atom stereocenters. The van der Waals surface area contributed by atoms with E-state index in [9.17, 15) is 0 Å². The first-order chi connectivity index (χ1) is 6.06. The number of fused-ring (bicyclic) bond motifs is 1. The van der Waals surface area contributed by atoms with Gasteiger partial charge in [-0.25, -0.2) is 0 Å². The summed E-state index contributed by atoms with van der Waals surface area (Å²) in [6.45, 7) is 6.42. The van der Waals surface area contributed by atoms with Crippen LogP contribution in [0.25, 0.3) is 0 Å². The Morgan fingerprint density at radius 3 is 2.85 bits per heavy atom. The normalized spacial score (nSPS) is 34.5. The Labute approximate surface area is 80.1 Å². The highest BCUT2D eigenvalue weighted by Gasteiger charge is 2.38. The third-order valence-electron chi connectivity index (χ3n) is 2.70. The van der Waals surface area contributed by atoms with Crippen LogP contribution >= 0.6 is 0 Å². The molecule has 0 heterocycles. The third-order valence-corrected chi connectivity index (χ3v) is 2.70. The van der Waals surface area contributed by atoms with Crippen LogP contribution in [0.15, 0.2) is 17.3 Å². The van der Waals surface area contributed by atoms with E-state index in [1.165, 1.54) is 18.6 Å². The fraction of sp³-hybridized carbons (Fsp3) is 0.727. The molecule has 2 heteroatoms. The predicted octanol–water partition coefficient (Wildman–Crippen LogP) is 2.33. The SMILES string of the molecule is CC(C)(C)N/N=C1/CC2C=CCC12. The lowest BCUT2D eigenvalue weighted by molar-refractivity contribution is 0.413. The van der Waals surface area contributed by atoms with Crippen molar-refractivity contribution in [1.29, 1.82) is 0 Å². The van der Waals surface area contributed by atoms with Crippen molar-refractivity contribution in [2.24, 2.45) is 16.9 Å². The fourth-order valence-electron chi connectivity index (χ4n) is 1.90. The highest BCUT2D eigenvalue weighted by Crippen LogP contribution is 2.40.